The van der Waals surface area contributed by atoms with Crippen molar-refractivity contribution in [1.82, 2.24) is 29.9 Å². The summed E-state index contributed by atoms with van der Waals surface area (Å²) in [7, 11) is 0. The number of nitrogens with one attached hydrogen (secondary N) is 2. The van der Waals surface area contributed by atoms with Gasteiger partial charge in [0.1, 0.15) is 17.5 Å². The number of urea groups is 1. The molecule has 8 heteroatoms. The average molecular weight is 367 g/mol. The fourth-order valence-electron chi connectivity index (χ4n) is 2.96. The second-order valence-electron chi connectivity index (χ2n) is 6.41. The molecule has 1 atom stereocenters. The number of carbonyl (C=O) groups excluding carboxylic acids is 1. The molecule has 0 spiro atoms. The van der Waals surface area contributed by atoms with Gasteiger partial charge in [-0.05, 0) is 32.8 Å². The Labute approximate surface area is 158 Å². The maximum atomic E-state index is 12.2. The second-order valence-corrected chi connectivity index (χ2v) is 6.41. The maximum Gasteiger partial charge on any atom is 0.320 e. The molecule has 142 valence electrons. The first kappa shape index (κ1) is 18.6. The summed E-state index contributed by atoms with van der Waals surface area (Å²) in [5.74, 6) is 2.31. The van der Waals surface area contributed by atoms with Gasteiger partial charge in [0.25, 0.3) is 0 Å². The zero-order valence-corrected chi connectivity index (χ0v) is 15.9. The van der Waals surface area contributed by atoms with E-state index < -0.39 is 0 Å². The van der Waals surface area contributed by atoms with Crippen molar-refractivity contribution in [2.24, 2.45) is 0 Å². The highest BCUT2D eigenvalue weighted by Gasteiger charge is 2.13. The molecule has 0 aliphatic rings. The van der Waals surface area contributed by atoms with Crippen molar-refractivity contribution in [2.75, 3.05) is 11.9 Å². The molecule has 0 saturated carbocycles. The van der Waals surface area contributed by atoms with Crippen LogP contribution in [0.5, 0.6) is 0 Å². The van der Waals surface area contributed by atoms with Crippen LogP contribution in [-0.4, -0.2) is 37.1 Å². The number of anilines is 1. The number of nitrogens with zero attached hydrogens (tertiary/aromatic N) is 5. The Morgan fingerprint density at radius 1 is 1.19 bits per heavy atom. The molecular weight excluding hydrogens is 342 g/mol. The molecule has 0 radical (unpaired) electrons. The van der Waals surface area contributed by atoms with E-state index in [0.717, 1.165) is 30.2 Å². The predicted octanol–water partition coefficient (Wildman–Crippen LogP) is 2.91. The van der Waals surface area contributed by atoms with Gasteiger partial charge in [0.2, 0.25) is 0 Å². The zero-order chi connectivity index (χ0) is 19.2. The third-order valence-electron chi connectivity index (χ3n) is 4.36. The summed E-state index contributed by atoms with van der Waals surface area (Å²) < 4.78 is 3.65. The lowest BCUT2D eigenvalue weighted by Crippen LogP contribution is -2.31. The van der Waals surface area contributed by atoms with Gasteiger partial charge < -0.3 is 5.32 Å². The van der Waals surface area contributed by atoms with Crippen LogP contribution in [0.4, 0.5) is 10.6 Å². The largest absolute Gasteiger partial charge is 0.338 e. The van der Waals surface area contributed by atoms with E-state index in [9.17, 15) is 4.79 Å². The smallest absolute Gasteiger partial charge is 0.320 e. The van der Waals surface area contributed by atoms with Gasteiger partial charge in [0.05, 0.1) is 12.2 Å². The lowest BCUT2D eigenvalue weighted by molar-refractivity contribution is 0.251. The van der Waals surface area contributed by atoms with Crippen molar-refractivity contribution in [3.63, 3.8) is 0 Å². The summed E-state index contributed by atoms with van der Waals surface area (Å²) in [6.07, 6.45) is 2.46. The second kappa shape index (κ2) is 8.48. The number of benzene rings is 1. The van der Waals surface area contributed by atoms with Crippen molar-refractivity contribution in [3.8, 4) is 0 Å². The van der Waals surface area contributed by atoms with Gasteiger partial charge in [-0.15, -0.1) is 0 Å². The van der Waals surface area contributed by atoms with E-state index >= 15 is 0 Å². The number of rotatable bonds is 7. The quantitative estimate of drug-likeness (QED) is 0.628. The Hall–Kier alpha value is -3.16. The summed E-state index contributed by atoms with van der Waals surface area (Å²) >= 11 is 0. The first-order valence-electron chi connectivity index (χ1n) is 9.06. The summed E-state index contributed by atoms with van der Waals surface area (Å²) in [6, 6.07) is 11.6. The molecular formula is C19H25N7O. The van der Waals surface area contributed by atoms with E-state index in [1.807, 2.05) is 55.8 Å². The van der Waals surface area contributed by atoms with E-state index in [4.69, 9.17) is 0 Å². The molecule has 0 saturated heterocycles. The van der Waals surface area contributed by atoms with Crippen molar-refractivity contribution in [2.45, 2.75) is 39.8 Å². The number of amides is 2. The highest BCUT2D eigenvalue weighted by atomic mass is 16.2. The predicted molar refractivity (Wildman–Crippen MR) is 104 cm³/mol. The maximum absolute atomic E-state index is 12.2. The zero-order valence-electron chi connectivity index (χ0n) is 15.9. The molecule has 0 aliphatic carbocycles. The molecule has 27 heavy (non-hydrogen) atoms. The molecule has 2 N–H and O–H groups in total. The fourth-order valence-corrected chi connectivity index (χ4v) is 2.96. The standard InChI is InChI=1S/C19H25N7O/c1-14(17-8-5-4-6-9-17)26-18(10-12-21-26)23-19(27)20-11-7-13-25-16(3)22-15(2)24-25/h4-6,8-10,12,14H,7,11,13H2,1-3H3,(H2,20,23,27)/t14-/m0/s1. The van der Waals surface area contributed by atoms with E-state index in [0.29, 0.717) is 12.4 Å². The Balaban J connectivity index is 1.50. The summed E-state index contributed by atoms with van der Waals surface area (Å²) in [5.41, 5.74) is 1.13. The topological polar surface area (TPSA) is 89.7 Å². The number of carbonyl (C=O) groups is 1. The van der Waals surface area contributed by atoms with Crippen LogP contribution in [0.15, 0.2) is 42.6 Å². The molecule has 0 bridgehead atoms. The summed E-state index contributed by atoms with van der Waals surface area (Å²) in [5, 5.41) is 14.4. The Bertz CT molecular complexity index is 885. The monoisotopic (exact) mass is 367 g/mol. The first-order chi connectivity index (χ1) is 13.0. The third-order valence-corrected chi connectivity index (χ3v) is 4.36. The lowest BCUT2D eigenvalue weighted by atomic mass is 10.1. The van der Waals surface area contributed by atoms with E-state index in [-0.39, 0.29) is 12.1 Å². The molecule has 2 heterocycles. The Morgan fingerprint density at radius 2 is 1.96 bits per heavy atom. The van der Waals surface area contributed by atoms with Crippen LogP contribution < -0.4 is 10.6 Å². The summed E-state index contributed by atoms with van der Waals surface area (Å²) in [6.45, 7) is 7.11. The van der Waals surface area contributed by atoms with Crippen LogP contribution in [0.2, 0.25) is 0 Å². The highest BCUT2D eigenvalue weighted by molar-refractivity contribution is 5.88. The van der Waals surface area contributed by atoms with E-state index in [1.54, 1.807) is 16.9 Å². The molecule has 3 aromatic rings. The minimum absolute atomic E-state index is 0.0232. The SMILES string of the molecule is Cc1nc(C)n(CCCNC(=O)Nc2ccnn2[C@@H](C)c2ccccc2)n1. The Kier molecular flexibility index (Phi) is 5.85. The van der Waals surface area contributed by atoms with Crippen LogP contribution in [0.25, 0.3) is 0 Å². The first-order valence-corrected chi connectivity index (χ1v) is 9.06. The van der Waals surface area contributed by atoms with Crippen molar-refractivity contribution < 1.29 is 4.79 Å². The third kappa shape index (κ3) is 4.72. The van der Waals surface area contributed by atoms with Crippen molar-refractivity contribution in [1.29, 1.82) is 0 Å². The van der Waals surface area contributed by atoms with Crippen LogP contribution in [0.3, 0.4) is 0 Å². The van der Waals surface area contributed by atoms with E-state index in [1.165, 1.54) is 0 Å². The summed E-state index contributed by atoms with van der Waals surface area (Å²) in [4.78, 5) is 16.5. The molecule has 1 aromatic carbocycles. The molecule has 2 amide bonds. The molecule has 8 nitrogen and oxygen atoms in total. The normalized spacial score (nSPS) is 12.0. The number of aromatic nitrogens is 5. The molecule has 0 aliphatic heterocycles. The van der Waals surface area contributed by atoms with Crippen LogP contribution in [0.1, 0.15) is 36.6 Å². The Morgan fingerprint density at radius 3 is 2.67 bits per heavy atom. The van der Waals surface area contributed by atoms with E-state index in [2.05, 4.69) is 25.8 Å². The molecule has 2 aromatic heterocycles. The van der Waals surface area contributed by atoms with Gasteiger partial charge in [-0.2, -0.15) is 10.2 Å². The molecule has 0 fully saturated rings. The number of hydrogen-bond donors (Lipinski definition) is 2. The van der Waals surface area contributed by atoms with Gasteiger partial charge in [0, 0.05) is 19.2 Å². The number of aryl methyl sites for hydroxylation is 3. The van der Waals surface area contributed by atoms with Crippen LogP contribution in [-0.2, 0) is 6.54 Å². The average Bonchev–Trinajstić information content (AvgIpc) is 3.24. The van der Waals surface area contributed by atoms with Gasteiger partial charge in [-0.1, -0.05) is 30.3 Å². The van der Waals surface area contributed by atoms with Crippen LogP contribution >= 0.6 is 0 Å². The highest BCUT2D eigenvalue weighted by Crippen LogP contribution is 2.21. The van der Waals surface area contributed by atoms with Gasteiger partial charge in [-0.3, -0.25) is 10.00 Å². The molecule has 0 unspecified atom stereocenters. The fraction of sp³-hybridized carbons (Fsp3) is 0.368. The van der Waals surface area contributed by atoms with Crippen LogP contribution in [0, 0.1) is 13.8 Å². The number of hydrogen-bond acceptors (Lipinski definition) is 4. The lowest BCUT2D eigenvalue weighted by Gasteiger charge is -2.16. The van der Waals surface area contributed by atoms with Gasteiger partial charge in [-0.25, -0.2) is 14.5 Å². The minimum Gasteiger partial charge on any atom is -0.338 e. The van der Waals surface area contributed by atoms with Gasteiger partial charge in [0.15, 0.2) is 0 Å². The molecule has 3 rings (SSSR count). The van der Waals surface area contributed by atoms with Crippen molar-refractivity contribution in [3.05, 3.63) is 59.8 Å². The minimum atomic E-state index is -0.247. The van der Waals surface area contributed by atoms with Crippen molar-refractivity contribution >= 4 is 11.8 Å². The van der Waals surface area contributed by atoms with Gasteiger partial charge >= 0.3 is 6.03 Å².